The van der Waals surface area contributed by atoms with Crippen molar-refractivity contribution in [2.45, 2.75) is 38.9 Å². The Labute approximate surface area is 140 Å². The Morgan fingerprint density at radius 3 is 2.67 bits per heavy atom. The van der Waals surface area contributed by atoms with Crippen molar-refractivity contribution in [3.8, 4) is 11.3 Å². The van der Waals surface area contributed by atoms with Gasteiger partial charge in [-0.25, -0.2) is 9.47 Å². The molecular formula is C19H20N2O3. The lowest BCUT2D eigenvalue weighted by molar-refractivity contribution is -0.132. The number of nitrogens with zero attached hydrogens (tertiary/aromatic N) is 2. The number of carbonyl (C=O) groups is 1. The van der Waals surface area contributed by atoms with Crippen LogP contribution in [0.4, 0.5) is 0 Å². The summed E-state index contributed by atoms with van der Waals surface area (Å²) in [4.78, 5) is 12.1. The maximum Gasteiger partial charge on any atom is 0.354 e. The first-order valence-electron chi connectivity index (χ1n) is 8.34. The van der Waals surface area contributed by atoms with Crippen LogP contribution in [0.15, 0.2) is 35.4 Å². The molecule has 4 rings (SSSR count). The Morgan fingerprint density at radius 2 is 1.88 bits per heavy atom. The Morgan fingerprint density at radius 1 is 1.12 bits per heavy atom. The van der Waals surface area contributed by atoms with E-state index in [1.807, 2.05) is 22.9 Å². The third-order valence-electron chi connectivity index (χ3n) is 4.72. The predicted octanol–water partition coefficient (Wildman–Crippen LogP) is 3.29. The summed E-state index contributed by atoms with van der Waals surface area (Å²) < 4.78 is 12.6. The molecule has 3 heterocycles. The van der Waals surface area contributed by atoms with E-state index in [-0.39, 0.29) is 5.97 Å². The quantitative estimate of drug-likeness (QED) is 0.797. The number of esters is 1. The first-order chi connectivity index (χ1) is 11.8. The molecule has 0 amide bonds. The molecule has 0 spiro atoms. The second-order valence-electron chi connectivity index (χ2n) is 6.17. The first-order valence-corrected chi connectivity index (χ1v) is 8.34. The van der Waals surface area contributed by atoms with E-state index in [0.29, 0.717) is 25.3 Å². The van der Waals surface area contributed by atoms with Crippen molar-refractivity contribution in [1.29, 1.82) is 0 Å². The Kier molecular flexibility index (Phi) is 3.94. The van der Waals surface area contributed by atoms with Crippen molar-refractivity contribution < 1.29 is 14.3 Å². The molecule has 0 fully saturated rings. The highest BCUT2D eigenvalue weighted by molar-refractivity contribution is 6.36. The molecule has 0 aliphatic carbocycles. The molecule has 0 saturated heterocycles. The topological polar surface area (TPSA) is 52.8 Å². The molecule has 5 nitrogen and oxygen atoms in total. The molecule has 0 N–H and O–H groups in total. The van der Waals surface area contributed by atoms with E-state index in [9.17, 15) is 4.79 Å². The van der Waals surface area contributed by atoms with Crippen LogP contribution in [0.2, 0.25) is 0 Å². The zero-order valence-corrected chi connectivity index (χ0v) is 13.7. The fraction of sp³-hybridized carbons (Fsp3) is 0.368. The Hall–Kier alpha value is -2.40. The molecule has 2 aliphatic rings. The van der Waals surface area contributed by atoms with E-state index < -0.39 is 0 Å². The normalized spacial score (nSPS) is 18.8. The molecule has 2 aromatic rings. The lowest BCUT2D eigenvalue weighted by Crippen LogP contribution is -2.20. The summed E-state index contributed by atoms with van der Waals surface area (Å²) in [6.07, 6.45) is 3.58. The van der Waals surface area contributed by atoms with Gasteiger partial charge in [-0.2, -0.15) is 5.10 Å². The smallest absolute Gasteiger partial charge is 0.354 e. The fourth-order valence-electron chi connectivity index (χ4n) is 3.56. The third-order valence-corrected chi connectivity index (χ3v) is 4.72. The monoisotopic (exact) mass is 324 g/mol. The van der Waals surface area contributed by atoms with E-state index in [1.54, 1.807) is 0 Å². The second kappa shape index (κ2) is 6.24. The van der Waals surface area contributed by atoms with E-state index in [0.717, 1.165) is 30.5 Å². The molecule has 5 heteroatoms. The van der Waals surface area contributed by atoms with Crippen molar-refractivity contribution in [3.05, 3.63) is 47.2 Å². The highest BCUT2D eigenvalue weighted by Gasteiger charge is 2.29. The lowest BCUT2D eigenvalue weighted by atomic mass is 10.0. The highest BCUT2D eigenvalue weighted by Crippen LogP contribution is 2.38. The van der Waals surface area contributed by atoms with Crippen molar-refractivity contribution in [2.75, 3.05) is 7.11 Å². The number of fused-ring (bicyclic) bond motifs is 3. The number of rotatable bonds is 2. The second-order valence-corrected chi connectivity index (χ2v) is 6.17. The number of ether oxygens (including phenoxy) is 2. The molecule has 0 unspecified atom stereocenters. The van der Waals surface area contributed by atoms with Crippen LogP contribution in [0.3, 0.4) is 0 Å². The molecule has 0 saturated carbocycles. The average Bonchev–Trinajstić information content (AvgIpc) is 3.15. The number of hydrogen-bond donors (Lipinski definition) is 0. The van der Waals surface area contributed by atoms with Crippen LogP contribution in [0.1, 0.15) is 36.1 Å². The van der Waals surface area contributed by atoms with Gasteiger partial charge in [0.05, 0.1) is 26.0 Å². The number of methoxy groups -OCH3 is 1. The Balaban J connectivity index is 1.95. The minimum Gasteiger partial charge on any atom is -0.464 e. The zero-order valence-electron chi connectivity index (χ0n) is 13.7. The Bertz CT molecular complexity index is 806. The van der Waals surface area contributed by atoms with Gasteiger partial charge in [0.15, 0.2) is 0 Å². The van der Waals surface area contributed by atoms with Gasteiger partial charge in [0.25, 0.3) is 0 Å². The number of carbonyl (C=O) groups excluding carboxylic acids is 1. The van der Waals surface area contributed by atoms with E-state index >= 15 is 0 Å². The molecule has 1 aromatic heterocycles. The summed E-state index contributed by atoms with van der Waals surface area (Å²) in [5, 5.41) is 4.71. The maximum absolute atomic E-state index is 12.1. The largest absolute Gasteiger partial charge is 0.464 e. The third kappa shape index (κ3) is 2.45. The minimum atomic E-state index is -0.341. The van der Waals surface area contributed by atoms with Gasteiger partial charge < -0.3 is 9.47 Å². The predicted molar refractivity (Wildman–Crippen MR) is 90.8 cm³/mol. The molecular weight excluding hydrogens is 304 g/mol. The average molecular weight is 324 g/mol. The SMILES string of the molecule is COC(=O)/C1=N/n2c(c3c(c2-c2ccccc2)COC3)CCCC1. The molecule has 24 heavy (non-hydrogen) atoms. The standard InChI is InChI=1S/C19H20N2O3/c1-23-19(22)16-9-5-6-10-17-14-11-24-12-15(14)18(21(17)20-16)13-7-3-2-4-8-13/h2-4,7-8H,5-6,9-12H2,1H3/b20-16+. The van der Waals surface area contributed by atoms with Gasteiger partial charge in [-0.05, 0) is 25.7 Å². The van der Waals surface area contributed by atoms with Crippen LogP contribution in [-0.4, -0.2) is 23.5 Å². The van der Waals surface area contributed by atoms with Crippen LogP contribution < -0.4 is 0 Å². The van der Waals surface area contributed by atoms with Gasteiger partial charge >= 0.3 is 5.97 Å². The van der Waals surface area contributed by atoms with Gasteiger partial charge in [0.1, 0.15) is 5.71 Å². The summed E-state index contributed by atoms with van der Waals surface area (Å²) in [6.45, 7) is 1.23. The van der Waals surface area contributed by atoms with Crippen LogP contribution in [0, 0.1) is 0 Å². The van der Waals surface area contributed by atoms with Crippen LogP contribution in [0.25, 0.3) is 11.3 Å². The van der Waals surface area contributed by atoms with Gasteiger partial charge in [-0.15, -0.1) is 0 Å². The molecule has 0 radical (unpaired) electrons. The van der Waals surface area contributed by atoms with Crippen molar-refractivity contribution in [3.63, 3.8) is 0 Å². The molecule has 0 bridgehead atoms. The molecule has 2 aliphatic heterocycles. The zero-order chi connectivity index (χ0) is 16.5. The number of hydrogen-bond acceptors (Lipinski definition) is 4. The highest BCUT2D eigenvalue weighted by atomic mass is 16.5. The van der Waals surface area contributed by atoms with Gasteiger partial charge in [0.2, 0.25) is 0 Å². The number of benzene rings is 1. The van der Waals surface area contributed by atoms with Gasteiger partial charge in [0, 0.05) is 22.4 Å². The van der Waals surface area contributed by atoms with Crippen molar-refractivity contribution in [2.24, 2.45) is 5.10 Å². The van der Waals surface area contributed by atoms with Crippen molar-refractivity contribution in [1.82, 2.24) is 4.68 Å². The molecule has 1 aromatic carbocycles. The van der Waals surface area contributed by atoms with E-state index in [4.69, 9.17) is 14.6 Å². The van der Waals surface area contributed by atoms with Gasteiger partial charge in [-0.1, -0.05) is 30.3 Å². The lowest BCUT2D eigenvalue weighted by Gasteiger charge is -2.15. The minimum absolute atomic E-state index is 0.341. The fourth-order valence-corrected chi connectivity index (χ4v) is 3.56. The van der Waals surface area contributed by atoms with Gasteiger partial charge in [-0.3, -0.25) is 0 Å². The maximum atomic E-state index is 12.1. The van der Waals surface area contributed by atoms with Crippen LogP contribution in [-0.2, 0) is 33.9 Å². The summed E-state index contributed by atoms with van der Waals surface area (Å²) in [5.74, 6) is -0.341. The summed E-state index contributed by atoms with van der Waals surface area (Å²) in [6, 6.07) is 10.2. The van der Waals surface area contributed by atoms with Crippen LogP contribution in [0.5, 0.6) is 0 Å². The summed E-state index contributed by atoms with van der Waals surface area (Å²) >= 11 is 0. The van der Waals surface area contributed by atoms with E-state index in [1.165, 1.54) is 23.9 Å². The molecule has 124 valence electrons. The summed E-state index contributed by atoms with van der Waals surface area (Å²) in [5.41, 5.74) is 6.24. The van der Waals surface area contributed by atoms with Crippen LogP contribution >= 0.6 is 0 Å². The van der Waals surface area contributed by atoms with E-state index in [2.05, 4.69) is 12.1 Å². The molecule has 0 atom stereocenters. The van der Waals surface area contributed by atoms with Crippen molar-refractivity contribution >= 4 is 11.7 Å². The summed E-state index contributed by atoms with van der Waals surface area (Å²) in [7, 11) is 1.41. The number of aromatic nitrogens is 1. The first kappa shape index (κ1) is 15.1.